The lowest BCUT2D eigenvalue weighted by Gasteiger charge is -2.04. The zero-order chi connectivity index (χ0) is 11.1. The molecule has 0 radical (unpaired) electrons. The molecule has 1 aromatic rings. The zero-order valence-corrected chi connectivity index (χ0v) is 10.5. The highest BCUT2D eigenvalue weighted by atomic mass is 35.5. The lowest BCUT2D eigenvalue weighted by molar-refractivity contribution is 0.158. The predicted octanol–water partition coefficient (Wildman–Crippen LogP) is 3.08. The van der Waals surface area contributed by atoms with Crippen molar-refractivity contribution in [2.75, 3.05) is 19.8 Å². The first-order valence-corrected chi connectivity index (χ1v) is 6.05. The molecule has 1 aromatic heterocycles. The van der Waals surface area contributed by atoms with E-state index in [1.807, 2.05) is 19.1 Å². The van der Waals surface area contributed by atoms with Gasteiger partial charge < -0.3 is 10.1 Å². The maximum Gasteiger partial charge on any atom is 0.0931 e. The van der Waals surface area contributed by atoms with Gasteiger partial charge in [-0.3, -0.25) is 0 Å². The second kappa shape index (κ2) is 7.01. The Bertz CT molecular complexity index is 311. The standard InChI is InChI=1S/C11H16ClNOS/c1-9(2)8-14-6-5-13-7-10-3-4-11(12)15-10/h3-4,13H,1,5-8H2,2H3. The molecule has 0 spiro atoms. The molecule has 0 bridgehead atoms. The molecule has 1 rings (SSSR count). The summed E-state index contributed by atoms with van der Waals surface area (Å²) in [5.74, 6) is 0. The minimum absolute atomic E-state index is 0.645. The van der Waals surface area contributed by atoms with Crippen LogP contribution in [-0.2, 0) is 11.3 Å². The number of halogens is 1. The third kappa shape index (κ3) is 5.95. The van der Waals surface area contributed by atoms with Gasteiger partial charge in [0.25, 0.3) is 0 Å². The summed E-state index contributed by atoms with van der Waals surface area (Å²) in [6.07, 6.45) is 0. The Morgan fingerprint density at radius 2 is 2.40 bits per heavy atom. The highest BCUT2D eigenvalue weighted by molar-refractivity contribution is 7.16. The van der Waals surface area contributed by atoms with Crippen molar-refractivity contribution in [2.45, 2.75) is 13.5 Å². The Hall–Kier alpha value is -0.350. The van der Waals surface area contributed by atoms with Crippen LogP contribution < -0.4 is 5.32 Å². The smallest absolute Gasteiger partial charge is 0.0931 e. The van der Waals surface area contributed by atoms with Gasteiger partial charge in [-0.25, -0.2) is 0 Å². The molecule has 0 atom stereocenters. The van der Waals surface area contributed by atoms with E-state index in [-0.39, 0.29) is 0 Å². The van der Waals surface area contributed by atoms with Gasteiger partial charge in [-0.15, -0.1) is 11.3 Å². The fourth-order valence-corrected chi connectivity index (χ4v) is 2.11. The number of nitrogens with one attached hydrogen (secondary N) is 1. The summed E-state index contributed by atoms with van der Waals surface area (Å²) in [6.45, 7) is 8.79. The second-order valence-corrected chi connectivity index (χ2v) is 5.19. The maximum atomic E-state index is 5.81. The molecule has 0 aliphatic carbocycles. The van der Waals surface area contributed by atoms with Gasteiger partial charge in [0, 0.05) is 18.0 Å². The highest BCUT2D eigenvalue weighted by Gasteiger charge is 1.96. The Morgan fingerprint density at radius 3 is 3.00 bits per heavy atom. The van der Waals surface area contributed by atoms with Crippen LogP contribution in [0.25, 0.3) is 0 Å². The van der Waals surface area contributed by atoms with E-state index in [1.54, 1.807) is 11.3 Å². The molecule has 0 aromatic carbocycles. The predicted molar refractivity (Wildman–Crippen MR) is 66.7 cm³/mol. The van der Waals surface area contributed by atoms with Crippen LogP contribution in [0.5, 0.6) is 0 Å². The molecule has 0 amide bonds. The van der Waals surface area contributed by atoms with Crippen molar-refractivity contribution in [1.82, 2.24) is 5.32 Å². The Morgan fingerprint density at radius 1 is 1.60 bits per heavy atom. The number of thiophene rings is 1. The Labute approximate surface area is 99.9 Å². The monoisotopic (exact) mass is 245 g/mol. The van der Waals surface area contributed by atoms with Crippen molar-refractivity contribution >= 4 is 22.9 Å². The van der Waals surface area contributed by atoms with Crippen LogP contribution in [0, 0.1) is 0 Å². The van der Waals surface area contributed by atoms with Crippen molar-refractivity contribution in [3.05, 3.63) is 33.5 Å². The summed E-state index contributed by atoms with van der Waals surface area (Å²) in [5, 5.41) is 3.29. The first-order valence-electron chi connectivity index (χ1n) is 4.85. The van der Waals surface area contributed by atoms with E-state index < -0.39 is 0 Å². The van der Waals surface area contributed by atoms with E-state index in [0.29, 0.717) is 13.2 Å². The molecule has 84 valence electrons. The van der Waals surface area contributed by atoms with Crippen LogP contribution in [0.4, 0.5) is 0 Å². The quantitative estimate of drug-likeness (QED) is 0.589. The fraction of sp³-hybridized carbons (Fsp3) is 0.455. The van der Waals surface area contributed by atoms with Crippen molar-refractivity contribution in [2.24, 2.45) is 0 Å². The first-order chi connectivity index (χ1) is 7.18. The van der Waals surface area contributed by atoms with Crippen molar-refractivity contribution < 1.29 is 4.74 Å². The lowest BCUT2D eigenvalue weighted by atomic mass is 10.4. The summed E-state index contributed by atoms with van der Waals surface area (Å²) in [6, 6.07) is 3.95. The summed E-state index contributed by atoms with van der Waals surface area (Å²) < 4.78 is 6.19. The van der Waals surface area contributed by atoms with Gasteiger partial charge in [-0.05, 0) is 19.1 Å². The third-order valence-corrected chi connectivity index (χ3v) is 2.93. The maximum absolute atomic E-state index is 5.81. The highest BCUT2D eigenvalue weighted by Crippen LogP contribution is 2.20. The number of ether oxygens (including phenoxy) is 1. The Balaban J connectivity index is 2.00. The molecule has 0 unspecified atom stereocenters. The van der Waals surface area contributed by atoms with Crippen molar-refractivity contribution in [1.29, 1.82) is 0 Å². The van der Waals surface area contributed by atoms with Gasteiger partial charge in [-0.1, -0.05) is 23.8 Å². The van der Waals surface area contributed by atoms with Gasteiger partial charge in [-0.2, -0.15) is 0 Å². The molecule has 0 fully saturated rings. The molecule has 15 heavy (non-hydrogen) atoms. The molecule has 1 N–H and O–H groups in total. The van der Waals surface area contributed by atoms with Crippen LogP contribution in [-0.4, -0.2) is 19.8 Å². The first kappa shape index (κ1) is 12.7. The average Bonchev–Trinajstić information content (AvgIpc) is 2.57. The summed E-state index contributed by atoms with van der Waals surface area (Å²) in [7, 11) is 0. The summed E-state index contributed by atoms with van der Waals surface area (Å²) in [5.41, 5.74) is 1.06. The summed E-state index contributed by atoms with van der Waals surface area (Å²) >= 11 is 7.42. The van der Waals surface area contributed by atoms with E-state index in [1.165, 1.54) is 4.88 Å². The van der Waals surface area contributed by atoms with Gasteiger partial charge in [0.05, 0.1) is 17.6 Å². The minimum Gasteiger partial charge on any atom is -0.376 e. The van der Waals surface area contributed by atoms with E-state index in [9.17, 15) is 0 Å². The molecule has 1 heterocycles. The molecule has 0 saturated carbocycles. The number of hydrogen-bond donors (Lipinski definition) is 1. The molecule has 0 aliphatic heterocycles. The average molecular weight is 246 g/mol. The van der Waals surface area contributed by atoms with E-state index >= 15 is 0 Å². The largest absolute Gasteiger partial charge is 0.376 e. The van der Waals surface area contributed by atoms with Gasteiger partial charge in [0.1, 0.15) is 0 Å². The molecule has 4 heteroatoms. The van der Waals surface area contributed by atoms with Gasteiger partial charge in [0.15, 0.2) is 0 Å². The Kier molecular flexibility index (Phi) is 5.95. The zero-order valence-electron chi connectivity index (χ0n) is 8.88. The van der Waals surface area contributed by atoms with Crippen LogP contribution in [0.15, 0.2) is 24.3 Å². The molecule has 0 aliphatic rings. The topological polar surface area (TPSA) is 21.3 Å². The van der Waals surface area contributed by atoms with Crippen LogP contribution >= 0.6 is 22.9 Å². The molecular weight excluding hydrogens is 230 g/mol. The minimum atomic E-state index is 0.645. The molecule has 0 saturated heterocycles. The van der Waals surface area contributed by atoms with Gasteiger partial charge >= 0.3 is 0 Å². The lowest BCUT2D eigenvalue weighted by Crippen LogP contribution is -2.19. The van der Waals surface area contributed by atoms with Crippen LogP contribution in [0.1, 0.15) is 11.8 Å². The molecule has 2 nitrogen and oxygen atoms in total. The number of rotatable bonds is 7. The summed E-state index contributed by atoms with van der Waals surface area (Å²) in [4.78, 5) is 1.25. The van der Waals surface area contributed by atoms with Crippen molar-refractivity contribution in [3.63, 3.8) is 0 Å². The van der Waals surface area contributed by atoms with Crippen LogP contribution in [0.2, 0.25) is 4.34 Å². The van der Waals surface area contributed by atoms with Crippen LogP contribution in [0.3, 0.4) is 0 Å². The molecular formula is C11H16ClNOS. The normalized spacial score (nSPS) is 10.5. The van der Waals surface area contributed by atoms with Gasteiger partial charge in [0.2, 0.25) is 0 Å². The number of hydrogen-bond acceptors (Lipinski definition) is 3. The second-order valence-electron chi connectivity index (χ2n) is 3.39. The fourth-order valence-electron chi connectivity index (χ4n) is 1.05. The van der Waals surface area contributed by atoms with E-state index in [0.717, 1.165) is 23.0 Å². The third-order valence-electron chi connectivity index (χ3n) is 1.70. The van der Waals surface area contributed by atoms with Crippen molar-refractivity contribution in [3.8, 4) is 0 Å². The van der Waals surface area contributed by atoms with E-state index in [4.69, 9.17) is 16.3 Å². The SMILES string of the molecule is C=C(C)COCCNCc1ccc(Cl)s1. The van der Waals surface area contributed by atoms with E-state index in [2.05, 4.69) is 11.9 Å².